The number of hydrogen-bond donors (Lipinski definition) is 1. The van der Waals surface area contributed by atoms with Gasteiger partial charge in [0.25, 0.3) is 0 Å². The molecule has 2 atom stereocenters. The third-order valence-electron chi connectivity index (χ3n) is 4.89. The standard InChI is InChI=1S/C15H28N2O2/c1-12-10-17-8-4-6-13(17)11-16(12)9-5-7-15(2,3)14(18)19/h12-13H,4-11H2,1-3H3,(H,18,19). The fourth-order valence-electron chi connectivity index (χ4n) is 3.39. The summed E-state index contributed by atoms with van der Waals surface area (Å²) in [5, 5.41) is 9.13. The maximum Gasteiger partial charge on any atom is 0.309 e. The number of carboxylic acid groups (broad SMARTS) is 1. The van der Waals surface area contributed by atoms with Gasteiger partial charge in [0.1, 0.15) is 0 Å². The summed E-state index contributed by atoms with van der Waals surface area (Å²) in [6, 6.07) is 1.37. The minimum absolute atomic E-state index is 0.585. The van der Waals surface area contributed by atoms with Crippen LogP contribution in [-0.2, 0) is 4.79 Å². The van der Waals surface area contributed by atoms with E-state index in [0.717, 1.165) is 25.4 Å². The maximum absolute atomic E-state index is 11.1. The Balaban J connectivity index is 1.78. The van der Waals surface area contributed by atoms with Gasteiger partial charge in [0.15, 0.2) is 0 Å². The second-order valence-corrected chi connectivity index (χ2v) is 6.93. The number of rotatable bonds is 5. The van der Waals surface area contributed by atoms with Gasteiger partial charge in [-0.25, -0.2) is 0 Å². The third-order valence-corrected chi connectivity index (χ3v) is 4.89. The molecule has 0 aliphatic carbocycles. The Kier molecular flexibility index (Phi) is 4.51. The third kappa shape index (κ3) is 3.48. The van der Waals surface area contributed by atoms with Gasteiger partial charge in [0.05, 0.1) is 5.41 Å². The lowest BCUT2D eigenvalue weighted by molar-refractivity contribution is -0.147. The van der Waals surface area contributed by atoms with Crippen molar-refractivity contribution in [3.8, 4) is 0 Å². The van der Waals surface area contributed by atoms with Crippen LogP contribution in [0.4, 0.5) is 0 Å². The summed E-state index contributed by atoms with van der Waals surface area (Å²) in [4.78, 5) is 16.3. The van der Waals surface area contributed by atoms with E-state index < -0.39 is 11.4 Å². The normalized spacial score (nSPS) is 29.4. The van der Waals surface area contributed by atoms with Crippen LogP contribution >= 0.6 is 0 Å². The highest BCUT2D eigenvalue weighted by Gasteiger charge is 2.34. The first-order valence-corrected chi connectivity index (χ1v) is 7.61. The Morgan fingerprint density at radius 3 is 2.79 bits per heavy atom. The highest BCUT2D eigenvalue weighted by atomic mass is 16.4. The SMILES string of the molecule is CC1CN2CCCC2CN1CCCC(C)(C)C(=O)O. The van der Waals surface area contributed by atoms with Gasteiger partial charge in [-0.1, -0.05) is 0 Å². The number of fused-ring (bicyclic) bond motifs is 1. The molecule has 0 radical (unpaired) electrons. The summed E-state index contributed by atoms with van der Waals surface area (Å²) in [5.41, 5.74) is -0.585. The van der Waals surface area contributed by atoms with Crippen molar-refractivity contribution < 1.29 is 9.90 Å². The second-order valence-electron chi connectivity index (χ2n) is 6.93. The topological polar surface area (TPSA) is 43.8 Å². The van der Waals surface area contributed by atoms with Crippen molar-refractivity contribution in [2.45, 2.75) is 58.5 Å². The predicted molar refractivity (Wildman–Crippen MR) is 76.3 cm³/mol. The van der Waals surface area contributed by atoms with Gasteiger partial charge in [-0.05, 0) is 59.5 Å². The van der Waals surface area contributed by atoms with E-state index in [1.807, 2.05) is 13.8 Å². The smallest absolute Gasteiger partial charge is 0.309 e. The zero-order valence-electron chi connectivity index (χ0n) is 12.6. The number of carbonyl (C=O) groups is 1. The van der Waals surface area contributed by atoms with Gasteiger partial charge < -0.3 is 5.11 Å². The van der Waals surface area contributed by atoms with E-state index in [1.54, 1.807) is 0 Å². The minimum atomic E-state index is -0.679. The molecule has 2 rings (SSSR count). The first-order chi connectivity index (χ1) is 8.90. The fourth-order valence-corrected chi connectivity index (χ4v) is 3.39. The fraction of sp³-hybridized carbons (Fsp3) is 0.933. The zero-order valence-corrected chi connectivity index (χ0v) is 12.6. The van der Waals surface area contributed by atoms with E-state index >= 15 is 0 Å². The van der Waals surface area contributed by atoms with Gasteiger partial charge >= 0.3 is 5.97 Å². The molecule has 0 amide bonds. The molecule has 110 valence electrons. The van der Waals surface area contributed by atoms with E-state index in [9.17, 15) is 4.79 Å². The van der Waals surface area contributed by atoms with Gasteiger partial charge in [-0.2, -0.15) is 0 Å². The molecular weight excluding hydrogens is 240 g/mol. The quantitative estimate of drug-likeness (QED) is 0.829. The van der Waals surface area contributed by atoms with E-state index in [4.69, 9.17) is 5.11 Å². The number of hydrogen-bond acceptors (Lipinski definition) is 3. The van der Waals surface area contributed by atoms with Crippen molar-refractivity contribution >= 4 is 5.97 Å². The van der Waals surface area contributed by atoms with Crippen LogP contribution in [0, 0.1) is 5.41 Å². The molecule has 2 fully saturated rings. The van der Waals surface area contributed by atoms with Gasteiger partial charge in [0, 0.05) is 25.2 Å². The van der Waals surface area contributed by atoms with Crippen LogP contribution in [0.3, 0.4) is 0 Å². The lowest BCUT2D eigenvalue weighted by Gasteiger charge is -2.42. The van der Waals surface area contributed by atoms with E-state index in [1.165, 1.54) is 32.5 Å². The minimum Gasteiger partial charge on any atom is -0.481 e. The molecule has 2 heterocycles. The van der Waals surface area contributed by atoms with Crippen molar-refractivity contribution in [3.63, 3.8) is 0 Å². The Bertz CT molecular complexity index is 330. The highest BCUT2D eigenvalue weighted by molar-refractivity contribution is 5.73. The Morgan fingerprint density at radius 2 is 2.11 bits per heavy atom. The van der Waals surface area contributed by atoms with Crippen molar-refractivity contribution in [1.82, 2.24) is 9.80 Å². The summed E-state index contributed by atoms with van der Waals surface area (Å²) < 4.78 is 0. The Morgan fingerprint density at radius 1 is 1.37 bits per heavy atom. The number of nitrogens with zero attached hydrogens (tertiary/aromatic N) is 2. The lowest BCUT2D eigenvalue weighted by Crippen LogP contribution is -2.55. The monoisotopic (exact) mass is 268 g/mol. The first-order valence-electron chi connectivity index (χ1n) is 7.61. The van der Waals surface area contributed by atoms with Crippen LogP contribution in [-0.4, -0.2) is 59.1 Å². The molecule has 19 heavy (non-hydrogen) atoms. The molecule has 2 saturated heterocycles. The van der Waals surface area contributed by atoms with Crippen LogP contribution in [0.15, 0.2) is 0 Å². The summed E-state index contributed by atoms with van der Waals surface area (Å²) in [6.45, 7) is 10.6. The molecular formula is C15H28N2O2. The second kappa shape index (κ2) is 5.80. The average Bonchev–Trinajstić information content (AvgIpc) is 2.75. The summed E-state index contributed by atoms with van der Waals surface area (Å²) in [7, 11) is 0. The van der Waals surface area contributed by atoms with E-state index in [0.29, 0.717) is 6.04 Å². The molecule has 2 aliphatic heterocycles. The van der Waals surface area contributed by atoms with Crippen LogP contribution in [0.1, 0.15) is 46.5 Å². The predicted octanol–water partition coefficient (Wildman–Crippen LogP) is 2.05. The first kappa shape index (κ1) is 14.8. The number of carboxylic acids is 1. The molecule has 0 spiro atoms. The van der Waals surface area contributed by atoms with Crippen LogP contribution in [0.2, 0.25) is 0 Å². The molecule has 0 aromatic rings. The molecule has 4 nitrogen and oxygen atoms in total. The molecule has 0 saturated carbocycles. The van der Waals surface area contributed by atoms with E-state index in [2.05, 4.69) is 16.7 Å². The average molecular weight is 268 g/mol. The van der Waals surface area contributed by atoms with Crippen LogP contribution in [0.5, 0.6) is 0 Å². The molecule has 0 bridgehead atoms. The highest BCUT2D eigenvalue weighted by Crippen LogP contribution is 2.26. The molecule has 2 aliphatic rings. The van der Waals surface area contributed by atoms with Crippen LogP contribution < -0.4 is 0 Å². The van der Waals surface area contributed by atoms with Gasteiger partial charge in [-0.3, -0.25) is 14.6 Å². The van der Waals surface area contributed by atoms with Gasteiger partial charge in [0.2, 0.25) is 0 Å². The molecule has 4 heteroatoms. The Labute approximate surface area is 116 Å². The Hall–Kier alpha value is -0.610. The molecule has 1 N–H and O–H groups in total. The van der Waals surface area contributed by atoms with Crippen molar-refractivity contribution in [1.29, 1.82) is 0 Å². The maximum atomic E-state index is 11.1. The van der Waals surface area contributed by atoms with Crippen LogP contribution in [0.25, 0.3) is 0 Å². The molecule has 2 unspecified atom stereocenters. The van der Waals surface area contributed by atoms with Crippen molar-refractivity contribution in [2.24, 2.45) is 5.41 Å². The largest absolute Gasteiger partial charge is 0.481 e. The molecule has 0 aromatic heterocycles. The number of aliphatic carboxylic acids is 1. The van der Waals surface area contributed by atoms with Crippen molar-refractivity contribution in [2.75, 3.05) is 26.2 Å². The summed E-state index contributed by atoms with van der Waals surface area (Å²) in [5.74, 6) is -0.679. The number of piperazine rings is 1. The van der Waals surface area contributed by atoms with Crippen molar-refractivity contribution in [3.05, 3.63) is 0 Å². The summed E-state index contributed by atoms with van der Waals surface area (Å²) >= 11 is 0. The molecule has 0 aromatic carbocycles. The van der Waals surface area contributed by atoms with E-state index in [-0.39, 0.29) is 0 Å². The summed E-state index contributed by atoms with van der Waals surface area (Å²) in [6.07, 6.45) is 4.43. The van der Waals surface area contributed by atoms with Gasteiger partial charge in [-0.15, -0.1) is 0 Å². The zero-order chi connectivity index (χ0) is 14.0. The lowest BCUT2D eigenvalue weighted by atomic mass is 9.88.